The normalized spacial score (nSPS) is 13.4. The van der Waals surface area contributed by atoms with Crippen LogP contribution in [0.5, 0.6) is 0 Å². The third-order valence-electron chi connectivity index (χ3n) is 1.92. The minimum absolute atomic E-state index is 0.139. The zero-order valence-corrected chi connectivity index (χ0v) is 9.65. The van der Waals surface area contributed by atoms with Crippen LogP contribution in [0.2, 0.25) is 0 Å². The highest BCUT2D eigenvalue weighted by atomic mass is 32.2. The third-order valence-corrected chi connectivity index (χ3v) is 2.92. The molecule has 0 bridgehead atoms. The van der Waals surface area contributed by atoms with Crippen LogP contribution in [0.15, 0.2) is 53.7 Å². The Labute approximate surface area is 95.1 Å². The van der Waals surface area contributed by atoms with Gasteiger partial charge in [-0.15, -0.1) is 0 Å². The van der Waals surface area contributed by atoms with Crippen molar-refractivity contribution in [3.8, 4) is 0 Å². The number of aryl methyl sites for hydroxylation is 1. The lowest BCUT2D eigenvalue weighted by atomic mass is 10.2. The SMILES string of the molecule is C1=C[NH2+]C=C1.Cc1ccccc1S(=O)(=O)[O-]. The van der Waals surface area contributed by atoms with Crippen molar-refractivity contribution in [3.63, 3.8) is 0 Å². The Bertz CT molecular complexity index is 494. The molecule has 0 spiro atoms. The molecule has 0 saturated carbocycles. The number of nitrogens with two attached hydrogens (primary N) is 1. The Morgan fingerprint density at radius 3 is 2.00 bits per heavy atom. The number of benzene rings is 1. The van der Waals surface area contributed by atoms with Crippen LogP contribution in [0.25, 0.3) is 0 Å². The zero-order valence-electron chi connectivity index (χ0n) is 8.83. The van der Waals surface area contributed by atoms with E-state index in [1.165, 1.54) is 12.1 Å². The van der Waals surface area contributed by atoms with Gasteiger partial charge in [0, 0.05) is 0 Å². The van der Waals surface area contributed by atoms with Gasteiger partial charge < -0.3 is 4.55 Å². The van der Waals surface area contributed by atoms with Crippen LogP contribution in [0.1, 0.15) is 5.56 Å². The predicted molar refractivity (Wildman–Crippen MR) is 59.3 cm³/mol. The van der Waals surface area contributed by atoms with Crippen LogP contribution in [0, 0.1) is 6.92 Å². The van der Waals surface area contributed by atoms with E-state index < -0.39 is 10.1 Å². The summed E-state index contributed by atoms with van der Waals surface area (Å²) in [5, 5.41) is 2.00. The second kappa shape index (κ2) is 5.60. The van der Waals surface area contributed by atoms with Crippen molar-refractivity contribution in [3.05, 3.63) is 54.4 Å². The highest BCUT2D eigenvalue weighted by Gasteiger charge is 2.02. The van der Waals surface area contributed by atoms with E-state index in [0.717, 1.165) is 0 Å². The lowest BCUT2D eigenvalue weighted by Gasteiger charge is -2.08. The first-order chi connectivity index (χ1) is 7.52. The number of rotatable bonds is 1. The standard InChI is InChI=1S/C7H8O3S.C4H5N/c1-6-4-2-3-5-7(6)11(8,9)10;1-2-4-5-3-1/h2-5H,1H3,(H,8,9,10);1-5H. The predicted octanol–water partition coefficient (Wildman–Crippen LogP) is 0.490. The molecule has 0 unspecified atom stereocenters. The molecule has 2 N–H and O–H groups in total. The average molecular weight is 239 g/mol. The molecular formula is C11H13NO3S. The van der Waals surface area contributed by atoms with Gasteiger partial charge in [-0.25, -0.2) is 8.42 Å². The Kier molecular flexibility index (Phi) is 4.42. The molecule has 0 aromatic heterocycles. The van der Waals surface area contributed by atoms with E-state index in [2.05, 4.69) is 0 Å². The van der Waals surface area contributed by atoms with Crippen LogP contribution in [-0.4, -0.2) is 13.0 Å². The number of allylic oxidation sites excluding steroid dienone is 2. The van der Waals surface area contributed by atoms with Crippen LogP contribution in [0.3, 0.4) is 0 Å². The van der Waals surface area contributed by atoms with Gasteiger partial charge in [-0.1, -0.05) is 18.2 Å². The Hall–Kier alpha value is -1.43. The Morgan fingerprint density at radius 1 is 1.12 bits per heavy atom. The fraction of sp³-hybridized carbons (Fsp3) is 0.0909. The molecule has 0 aliphatic carbocycles. The molecule has 0 radical (unpaired) electrons. The molecule has 5 heteroatoms. The van der Waals surface area contributed by atoms with Crippen LogP contribution < -0.4 is 5.32 Å². The minimum Gasteiger partial charge on any atom is -0.744 e. The number of quaternary nitrogens is 1. The first kappa shape index (κ1) is 12.6. The van der Waals surface area contributed by atoms with Gasteiger partial charge in [0.1, 0.15) is 10.1 Å². The molecule has 4 nitrogen and oxygen atoms in total. The summed E-state index contributed by atoms with van der Waals surface area (Å²) in [7, 11) is -4.28. The highest BCUT2D eigenvalue weighted by molar-refractivity contribution is 7.85. The van der Waals surface area contributed by atoms with E-state index in [9.17, 15) is 13.0 Å². The van der Waals surface area contributed by atoms with Gasteiger partial charge in [0.2, 0.25) is 0 Å². The fourth-order valence-electron chi connectivity index (χ4n) is 1.16. The van der Waals surface area contributed by atoms with E-state index in [-0.39, 0.29) is 4.90 Å². The second-order valence-electron chi connectivity index (χ2n) is 3.18. The maximum Gasteiger partial charge on any atom is 0.124 e. The lowest BCUT2D eigenvalue weighted by molar-refractivity contribution is -0.510. The molecule has 1 aliphatic heterocycles. The van der Waals surface area contributed by atoms with Gasteiger partial charge >= 0.3 is 0 Å². The molecular weight excluding hydrogens is 226 g/mol. The summed E-state index contributed by atoms with van der Waals surface area (Å²) in [5.41, 5.74) is 0.488. The van der Waals surface area contributed by atoms with E-state index in [4.69, 9.17) is 0 Å². The van der Waals surface area contributed by atoms with Crippen molar-refractivity contribution in [2.75, 3.05) is 0 Å². The van der Waals surface area contributed by atoms with Gasteiger partial charge in [0.05, 0.1) is 17.3 Å². The van der Waals surface area contributed by atoms with Crippen molar-refractivity contribution < 1.29 is 18.3 Å². The molecule has 0 fully saturated rings. The van der Waals surface area contributed by atoms with E-state index in [1.807, 2.05) is 29.9 Å². The summed E-state index contributed by atoms with van der Waals surface area (Å²) in [6.07, 6.45) is 8.00. The van der Waals surface area contributed by atoms with E-state index in [0.29, 0.717) is 5.56 Å². The van der Waals surface area contributed by atoms with Crippen molar-refractivity contribution in [1.82, 2.24) is 0 Å². The monoisotopic (exact) mass is 239 g/mol. The molecule has 1 heterocycles. The van der Waals surface area contributed by atoms with Crippen LogP contribution >= 0.6 is 0 Å². The van der Waals surface area contributed by atoms with Crippen LogP contribution in [0.4, 0.5) is 0 Å². The number of hydrogen-bond acceptors (Lipinski definition) is 3. The smallest absolute Gasteiger partial charge is 0.124 e. The van der Waals surface area contributed by atoms with Gasteiger partial charge in [-0.3, -0.25) is 5.32 Å². The summed E-state index contributed by atoms with van der Waals surface area (Å²) >= 11 is 0. The Morgan fingerprint density at radius 2 is 1.69 bits per heavy atom. The van der Waals surface area contributed by atoms with Crippen molar-refractivity contribution in [2.45, 2.75) is 11.8 Å². The van der Waals surface area contributed by atoms with Gasteiger partial charge in [0.25, 0.3) is 0 Å². The molecule has 0 saturated heterocycles. The summed E-state index contributed by atoms with van der Waals surface area (Å²) in [5.74, 6) is 0. The minimum atomic E-state index is -4.28. The fourth-order valence-corrected chi connectivity index (χ4v) is 1.87. The van der Waals surface area contributed by atoms with Gasteiger partial charge in [-0.2, -0.15) is 0 Å². The summed E-state index contributed by atoms with van der Waals surface area (Å²) in [6.45, 7) is 1.59. The maximum absolute atomic E-state index is 10.5. The topological polar surface area (TPSA) is 73.8 Å². The quantitative estimate of drug-likeness (QED) is 0.725. The lowest BCUT2D eigenvalue weighted by Crippen LogP contribution is -2.69. The van der Waals surface area contributed by atoms with Crippen molar-refractivity contribution in [1.29, 1.82) is 0 Å². The average Bonchev–Trinajstić information content (AvgIpc) is 2.74. The van der Waals surface area contributed by atoms with Crippen LogP contribution in [-0.2, 0) is 10.1 Å². The summed E-state index contributed by atoms with van der Waals surface area (Å²) < 4.78 is 31.5. The van der Waals surface area contributed by atoms with E-state index in [1.54, 1.807) is 19.1 Å². The molecule has 16 heavy (non-hydrogen) atoms. The zero-order chi connectivity index (χ0) is 12.0. The second-order valence-corrected chi connectivity index (χ2v) is 4.53. The van der Waals surface area contributed by atoms with Gasteiger partial charge in [0.15, 0.2) is 0 Å². The summed E-state index contributed by atoms with van der Waals surface area (Å²) in [6, 6.07) is 6.10. The molecule has 0 amide bonds. The van der Waals surface area contributed by atoms with E-state index >= 15 is 0 Å². The molecule has 2 rings (SSSR count). The maximum atomic E-state index is 10.5. The van der Waals surface area contributed by atoms with Gasteiger partial charge in [-0.05, 0) is 30.7 Å². The summed E-state index contributed by atoms with van der Waals surface area (Å²) in [4.78, 5) is -0.139. The first-order valence-electron chi connectivity index (χ1n) is 4.70. The number of hydrogen-bond donors (Lipinski definition) is 1. The molecule has 1 aliphatic rings. The highest BCUT2D eigenvalue weighted by Crippen LogP contribution is 2.12. The van der Waals surface area contributed by atoms with Crippen molar-refractivity contribution in [2.24, 2.45) is 0 Å². The molecule has 0 atom stereocenters. The molecule has 86 valence electrons. The molecule has 1 aromatic carbocycles. The Balaban J connectivity index is 0.000000212. The first-order valence-corrected chi connectivity index (χ1v) is 6.11. The molecule has 1 aromatic rings. The largest absolute Gasteiger partial charge is 0.744 e. The third kappa shape index (κ3) is 3.98. The van der Waals surface area contributed by atoms with Crippen molar-refractivity contribution >= 4 is 10.1 Å².